The molecule has 1 saturated heterocycles. The van der Waals surface area contributed by atoms with Gasteiger partial charge in [0, 0.05) is 26.2 Å². The molecule has 6 heteroatoms. The summed E-state index contributed by atoms with van der Waals surface area (Å²) < 4.78 is 25.1. The Balaban J connectivity index is 1.45. The Morgan fingerprint density at radius 2 is 1.21 bits per heavy atom. The van der Waals surface area contributed by atoms with E-state index < -0.39 is 10.0 Å². The second kappa shape index (κ2) is 13.9. The van der Waals surface area contributed by atoms with Gasteiger partial charge >= 0.3 is 0 Å². The van der Waals surface area contributed by atoms with Crippen molar-refractivity contribution >= 4 is 10.0 Å². The average Bonchev–Trinajstić information content (AvgIpc) is 2.83. The number of nitrogens with zero attached hydrogens (tertiary/aromatic N) is 2. The molecular weight excluding hydrogens is 430 g/mol. The second-order valence-electron chi connectivity index (χ2n) is 9.13. The number of unbranched alkanes of at least 4 members (excludes halogenated alkanes) is 7. The van der Waals surface area contributed by atoms with Gasteiger partial charge in [-0.2, -0.15) is 0 Å². The van der Waals surface area contributed by atoms with Crippen molar-refractivity contribution < 1.29 is 8.42 Å². The van der Waals surface area contributed by atoms with E-state index in [0.29, 0.717) is 13.1 Å². The zero-order chi connectivity index (χ0) is 23.4. The van der Waals surface area contributed by atoms with Crippen LogP contribution in [0.2, 0.25) is 0 Å². The summed E-state index contributed by atoms with van der Waals surface area (Å²) >= 11 is 0. The molecule has 5 nitrogen and oxygen atoms in total. The number of hydrazine groups is 1. The van der Waals surface area contributed by atoms with Crippen LogP contribution in [0, 0.1) is 0 Å². The molecule has 0 amide bonds. The molecule has 0 aromatic heterocycles. The van der Waals surface area contributed by atoms with Gasteiger partial charge in [0.1, 0.15) is 0 Å². The van der Waals surface area contributed by atoms with E-state index in [1.165, 1.54) is 43.2 Å². The summed E-state index contributed by atoms with van der Waals surface area (Å²) in [6, 6.07) is 21.3. The highest BCUT2D eigenvalue weighted by molar-refractivity contribution is 7.89. The van der Waals surface area contributed by atoms with Crippen LogP contribution in [-0.4, -0.2) is 50.3 Å². The van der Waals surface area contributed by atoms with Crippen LogP contribution in [-0.2, 0) is 10.0 Å². The number of sulfonamides is 1. The Kier molecular flexibility index (Phi) is 10.9. The summed E-state index contributed by atoms with van der Waals surface area (Å²) in [6.07, 6.45) is 9.25. The maximum absolute atomic E-state index is 12.6. The summed E-state index contributed by atoms with van der Waals surface area (Å²) in [6.45, 7) is 5.23. The molecule has 1 aliphatic heterocycles. The number of rotatable bonds is 14. The van der Waals surface area contributed by atoms with E-state index in [-0.39, 0.29) is 11.8 Å². The SMILES string of the molecule is CCCCCCCCCCS(=O)(=O)NN1CCN(C(c2ccccc2)c2ccccc2)CC1. The van der Waals surface area contributed by atoms with Crippen molar-refractivity contribution in [2.75, 3.05) is 31.9 Å². The van der Waals surface area contributed by atoms with Gasteiger partial charge in [-0.15, -0.1) is 4.83 Å². The van der Waals surface area contributed by atoms with Crippen LogP contribution in [0.1, 0.15) is 75.5 Å². The molecule has 2 aromatic carbocycles. The minimum atomic E-state index is -3.27. The fourth-order valence-corrected chi connectivity index (χ4v) is 5.88. The molecule has 0 radical (unpaired) electrons. The minimum absolute atomic E-state index is 0.184. The first kappa shape index (κ1) is 25.9. The first-order valence-corrected chi connectivity index (χ1v) is 14.3. The lowest BCUT2D eigenvalue weighted by atomic mass is 9.96. The first-order valence-electron chi connectivity index (χ1n) is 12.7. The quantitative estimate of drug-likeness (QED) is 0.377. The van der Waals surface area contributed by atoms with Gasteiger partial charge in [-0.1, -0.05) is 113 Å². The van der Waals surface area contributed by atoms with Crippen LogP contribution >= 0.6 is 0 Å². The minimum Gasteiger partial charge on any atom is -0.290 e. The maximum atomic E-state index is 12.6. The summed E-state index contributed by atoms with van der Waals surface area (Å²) in [5.74, 6) is 0.221. The van der Waals surface area contributed by atoms with E-state index in [9.17, 15) is 8.42 Å². The topological polar surface area (TPSA) is 52.7 Å². The first-order chi connectivity index (χ1) is 16.1. The van der Waals surface area contributed by atoms with Crippen molar-refractivity contribution in [1.82, 2.24) is 14.7 Å². The van der Waals surface area contributed by atoms with Crippen molar-refractivity contribution in [2.24, 2.45) is 0 Å². The van der Waals surface area contributed by atoms with E-state index in [4.69, 9.17) is 0 Å². The Hall–Kier alpha value is -1.73. The molecule has 33 heavy (non-hydrogen) atoms. The second-order valence-corrected chi connectivity index (χ2v) is 11.0. The fraction of sp³-hybridized carbons (Fsp3) is 0.556. The molecule has 2 aromatic rings. The number of hydrogen-bond acceptors (Lipinski definition) is 4. The van der Waals surface area contributed by atoms with Crippen molar-refractivity contribution in [3.05, 3.63) is 71.8 Å². The van der Waals surface area contributed by atoms with E-state index in [1.807, 2.05) is 17.1 Å². The number of piperazine rings is 1. The lowest BCUT2D eigenvalue weighted by Gasteiger charge is -2.39. The lowest BCUT2D eigenvalue weighted by Crippen LogP contribution is -2.54. The van der Waals surface area contributed by atoms with Crippen LogP contribution < -0.4 is 4.83 Å². The van der Waals surface area contributed by atoms with Crippen LogP contribution in [0.4, 0.5) is 0 Å². The molecule has 0 atom stereocenters. The highest BCUT2D eigenvalue weighted by Gasteiger charge is 2.27. The summed E-state index contributed by atoms with van der Waals surface area (Å²) in [4.78, 5) is 5.28. The van der Waals surface area contributed by atoms with Crippen LogP contribution in [0.3, 0.4) is 0 Å². The van der Waals surface area contributed by atoms with Crippen molar-refractivity contribution in [2.45, 2.75) is 64.3 Å². The highest BCUT2D eigenvalue weighted by atomic mass is 32.2. The third kappa shape index (κ3) is 8.85. The van der Waals surface area contributed by atoms with Crippen LogP contribution in [0.25, 0.3) is 0 Å². The van der Waals surface area contributed by atoms with Gasteiger partial charge in [0.15, 0.2) is 0 Å². The summed E-state index contributed by atoms with van der Waals surface area (Å²) in [7, 11) is -3.27. The smallest absolute Gasteiger partial charge is 0.224 e. The summed E-state index contributed by atoms with van der Waals surface area (Å²) in [5.41, 5.74) is 2.54. The van der Waals surface area contributed by atoms with Crippen molar-refractivity contribution in [3.8, 4) is 0 Å². The molecule has 1 heterocycles. The number of nitrogens with one attached hydrogen (secondary N) is 1. The third-order valence-corrected chi connectivity index (χ3v) is 7.81. The lowest BCUT2D eigenvalue weighted by molar-refractivity contribution is 0.0950. The zero-order valence-corrected chi connectivity index (χ0v) is 21.0. The van der Waals surface area contributed by atoms with Gasteiger partial charge in [-0.3, -0.25) is 4.90 Å². The number of benzene rings is 2. The molecule has 1 fully saturated rings. The van der Waals surface area contributed by atoms with Crippen LogP contribution in [0.5, 0.6) is 0 Å². The molecule has 0 bridgehead atoms. The zero-order valence-electron chi connectivity index (χ0n) is 20.2. The van der Waals surface area contributed by atoms with Gasteiger partial charge in [0.05, 0.1) is 11.8 Å². The normalized spacial score (nSPS) is 15.8. The molecule has 1 aliphatic rings. The monoisotopic (exact) mass is 471 g/mol. The largest absolute Gasteiger partial charge is 0.290 e. The Morgan fingerprint density at radius 3 is 1.73 bits per heavy atom. The van der Waals surface area contributed by atoms with E-state index in [0.717, 1.165) is 32.4 Å². The third-order valence-electron chi connectivity index (χ3n) is 6.44. The Labute approximate surface area is 201 Å². The maximum Gasteiger partial charge on any atom is 0.224 e. The highest BCUT2D eigenvalue weighted by Crippen LogP contribution is 2.29. The van der Waals surface area contributed by atoms with Crippen LogP contribution in [0.15, 0.2) is 60.7 Å². The molecule has 0 unspecified atom stereocenters. The van der Waals surface area contributed by atoms with E-state index >= 15 is 0 Å². The molecule has 0 saturated carbocycles. The van der Waals surface area contributed by atoms with Crippen molar-refractivity contribution in [1.29, 1.82) is 0 Å². The van der Waals surface area contributed by atoms with E-state index in [2.05, 4.69) is 65.2 Å². The van der Waals surface area contributed by atoms with Gasteiger partial charge in [-0.05, 0) is 17.5 Å². The summed E-state index contributed by atoms with van der Waals surface area (Å²) in [5, 5.41) is 1.88. The fourth-order valence-electron chi connectivity index (χ4n) is 4.62. The molecule has 1 N–H and O–H groups in total. The molecule has 0 aliphatic carbocycles. The van der Waals surface area contributed by atoms with Gasteiger partial charge in [0.2, 0.25) is 10.0 Å². The standard InChI is InChI=1S/C27H41N3O2S/c1-2-3-4-5-6-7-8-15-24-33(31,32)28-30-22-20-29(21-23-30)27(25-16-11-9-12-17-25)26-18-13-10-14-19-26/h9-14,16-19,27-28H,2-8,15,20-24H2,1H3. The molecule has 3 rings (SSSR count). The molecule has 182 valence electrons. The van der Waals surface area contributed by atoms with Gasteiger partial charge in [0.25, 0.3) is 0 Å². The number of hydrogen-bond donors (Lipinski definition) is 1. The molecular formula is C27H41N3O2S. The predicted octanol–water partition coefficient (Wildman–Crippen LogP) is 5.37. The Morgan fingerprint density at radius 1 is 0.727 bits per heavy atom. The van der Waals surface area contributed by atoms with E-state index in [1.54, 1.807) is 0 Å². The Bertz CT molecular complexity index is 843. The molecule has 0 spiro atoms. The predicted molar refractivity (Wildman–Crippen MR) is 137 cm³/mol. The average molecular weight is 472 g/mol. The van der Waals surface area contributed by atoms with Crippen molar-refractivity contribution in [3.63, 3.8) is 0 Å². The van der Waals surface area contributed by atoms with Gasteiger partial charge < -0.3 is 0 Å². The van der Waals surface area contributed by atoms with Gasteiger partial charge in [-0.25, -0.2) is 13.4 Å².